The van der Waals surface area contributed by atoms with Crippen LogP contribution in [-0.4, -0.2) is 66.5 Å². The van der Waals surface area contributed by atoms with Gasteiger partial charge in [-0.25, -0.2) is 29.1 Å². The van der Waals surface area contributed by atoms with Crippen molar-refractivity contribution in [2.75, 3.05) is 4.90 Å². The molecule has 0 fully saturated rings. The van der Waals surface area contributed by atoms with Gasteiger partial charge in [0.15, 0.2) is 0 Å². The SMILES string of the molecule is [C-]#[N+]/C(=C\c1ccc(C(=Cc2ccc(N(c3ccc(C=C(c4ccc(/C=C(\[N+]#[C-])C(=O)O)cc4)c4ccc(/C=C(\[N+]#[C-])C(=O)O)cc4)cc3)c3ccc(C=C(c4ccc(/C=C(\[N+]#[C-])C(=O)O)cc4)c4ccc(/C=C(\[N+]#[C-])C(=O)O)cc4)cc3)cc2)c2ccc(/C=C(\[N+]#[C-])C(=O)O)cc2)cc1)C(=O)O. The number of hydrogen-bond donors (Lipinski definition) is 6. The molecule has 0 aromatic heterocycles. The van der Waals surface area contributed by atoms with Gasteiger partial charge in [0.1, 0.15) is 0 Å². The van der Waals surface area contributed by atoms with Crippen molar-refractivity contribution in [3.05, 3.63) is 405 Å². The molecule has 6 N–H and O–H groups in total. The maximum absolute atomic E-state index is 11.7. The summed E-state index contributed by atoms with van der Waals surface area (Å²) in [4.78, 5) is 91.1. The summed E-state index contributed by atoms with van der Waals surface area (Å²) < 4.78 is 0. The van der Waals surface area contributed by atoms with Crippen LogP contribution in [0.5, 0.6) is 0 Å². The van der Waals surface area contributed by atoms with Crippen molar-refractivity contribution < 1.29 is 59.4 Å². The standard InChI is InChI=1S/C84H51N7O12/c1-85-73(79(92)93)46-55-7-25-61(26-8-55)70(62-27-9-56(10-28-62)47-74(86-2)80(94)95)43-52-19-37-67(38-20-52)91(68-39-21-53(22-40-68)44-71(63-29-11-57(12-30-63)48-75(87-3)81(96)97)64-31-13-58(14-32-64)49-76(88-4)82(98)99)69-41-23-54(24-42-69)45-72(65-33-15-59(16-34-65)50-77(89-5)83(100)101)66-35-17-60(18-36-66)51-78(90-6)84(102)103/h7-51H,(H,92,93)(H,94,95)(H,96,97)(H,98,99)(H,100,101)(H,102,103)/b73-46-,74-47-,75-48-,76-49-,77-50-,78-51-. The molecule has 9 rings (SSSR count). The first-order valence-corrected chi connectivity index (χ1v) is 30.5. The Labute approximate surface area is 590 Å². The number of carboxylic acids is 6. The van der Waals surface area contributed by atoms with E-state index in [2.05, 4.69) is 29.1 Å². The summed E-state index contributed by atoms with van der Waals surface area (Å²) in [6.45, 7) is 44.1. The second kappa shape index (κ2) is 33.2. The quantitative estimate of drug-likeness (QED) is 0.0187. The topological polar surface area (TPSA) is 253 Å². The highest BCUT2D eigenvalue weighted by Gasteiger charge is 2.18. The molecular formula is C84H51N7O12. The van der Waals surface area contributed by atoms with E-state index in [-0.39, 0.29) is 0 Å². The van der Waals surface area contributed by atoms with Crippen molar-refractivity contribution in [2.24, 2.45) is 0 Å². The van der Waals surface area contributed by atoms with Crippen molar-refractivity contribution >= 4 is 124 Å². The lowest BCUT2D eigenvalue weighted by molar-refractivity contribution is -0.133. The molecule has 0 spiro atoms. The number of rotatable bonds is 24. The molecular weight excluding hydrogens is 1300 g/mol. The Kier molecular flexibility index (Phi) is 23.1. The van der Waals surface area contributed by atoms with E-state index in [4.69, 9.17) is 39.4 Å². The van der Waals surface area contributed by atoms with Crippen LogP contribution in [0.3, 0.4) is 0 Å². The molecule has 0 aliphatic heterocycles. The van der Waals surface area contributed by atoms with E-state index in [1.165, 1.54) is 36.5 Å². The molecule has 0 amide bonds. The van der Waals surface area contributed by atoms with E-state index < -0.39 is 70.0 Å². The van der Waals surface area contributed by atoms with Gasteiger partial charge in [-0.15, -0.1) is 0 Å². The van der Waals surface area contributed by atoms with E-state index >= 15 is 0 Å². The first kappa shape index (κ1) is 71.5. The lowest BCUT2D eigenvalue weighted by Gasteiger charge is -2.26. The maximum atomic E-state index is 11.7. The summed E-state index contributed by atoms with van der Waals surface area (Å²) in [5.74, 6) is -8.24. The van der Waals surface area contributed by atoms with E-state index in [9.17, 15) is 59.4 Å². The molecule has 0 radical (unpaired) electrons. The number of hydrogen-bond acceptors (Lipinski definition) is 7. The van der Waals surface area contributed by atoms with Crippen molar-refractivity contribution in [3.63, 3.8) is 0 Å². The van der Waals surface area contributed by atoms with Gasteiger partial charge in [0.25, 0.3) is 34.2 Å². The molecule has 0 saturated carbocycles. The van der Waals surface area contributed by atoms with Gasteiger partial charge in [-0.1, -0.05) is 182 Å². The summed E-state index contributed by atoms with van der Waals surface area (Å²) in [5.41, 5.74) is 10.6. The highest BCUT2D eigenvalue weighted by Crippen LogP contribution is 2.38. The van der Waals surface area contributed by atoms with E-state index in [1.54, 1.807) is 146 Å². The molecule has 0 heterocycles. The number of nitrogens with zero attached hydrogens (tertiary/aromatic N) is 7. The monoisotopic (exact) mass is 1350 g/mol. The zero-order valence-corrected chi connectivity index (χ0v) is 53.7. The van der Waals surface area contributed by atoms with Crippen LogP contribution in [0.4, 0.5) is 17.1 Å². The van der Waals surface area contributed by atoms with Crippen LogP contribution in [0, 0.1) is 39.4 Å². The fourth-order valence-corrected chi connectivity index (χ4v) is 10.5. The summed E-state index contributed by atoms with van der Waals surface area (Å²) in [6.07, 6.45) is 13.4. The summed E-state index contributed by atoms with van der Waals surface area (Å²) in [5, 5.41) is 57.3. The number of carbonyl (C=O) groups is 6. The van der Waals surface area contributed by atoms with E-state index in [0.29, 0.717) is 101 Å². The van der Waals surface area contributed by atoms with Gasteiger partial charge in [0.2, 0.25) is 0 Å². The average molecular weight is 1350 g/mol. The predicted molar refractivity (Wildman–Crippen MR) is 394 cm³/mol. The van der Waals surface area contributed by atoms with Gasteiger partial charge >= 0.3 is 35.8 Å². The normalized spacial score (nSPS) is 11.5. The number of anilines is 3. The van der Waals surface area contributed by atoms with Crippen LogP contribution < -0.4 is 4.90 Å². The molecule has 0 unspecified atom stereocenters. The Hall–Kier alpha value is -15.8. The van der Waals surface area contributed by atoms with E-state index in [0.717, 1.165) is 16.7 Å². The lowest BCUT2D eigenvalue weighted by Crippen LogP contribution is -2.09. The first-order valence-electron chi connectivity index (χ1n) is 30.5. The van der Waals surface area contributed by atoms with Gasteiger partial charge < -0.3 is 35.5 Å². The van der Waals surface area contributed by atoms with Crippen LogP contribution in [0.15, 0.2) is 253 Å². The van der Waals surface area contributed by atoms with Gasteiger partial charge in [0, 0.05) is 17.1 Å². The predicted octanol–water partition coefficient (Wildman–Crippen LogP) is 18.0. The largest absolute Gasteiger partial charge is 0.486 e. The Morgan fingerprint density at radius 1 is 0.214 bits per heavy atom. The summed E-state index contributed by atoms with van der Waals surface area (Å²) >= 11 is 0. The zero-order valence-electron chi connectivity index (χ0n) is 53.7. The molecule has 0 atom stereocenters. The van der Waals surface area contributed by atoms with Crippen LogP contribution in [0.2, 0.25) is 0 Å². The number of carboxylic acid groups (broad SMARTS) is 6. The van der Waals surface area contributed by atoms with Crippen molar-refractivity contribution in [1.82, 2.24) is 0 Å². The lowest BCUT2D eigenvalue weighted by atomic mass is 9.93. The Morgan fingerprint density at radius 2 is 0.340 bits per heavy atom. The minimum Gasteiger partial charge on any atom is -0.486 e. The molecule has 19 nitrogen and oxygen atoms in total. The molecule has 9 aromatic carbocycles. The third kappa shape index (κ3) is 18.4. The third-order valence-electron chi connectivity index (χ3n) is 15.6. The molecule has 0 aliphatic carbocycles. The average Bonchev–Trinajstić information content (AvgIpc) is 0.800. The Balaban J connectivity index is 1.18. The number of benzene rings is 9. The number of aliphatic carboxylic acids is 6. The van der Waals surface area contributed by atoms with Crippen molar-refractivity contribution in [2.45, 2.75) is 0 Å². The van der Waals surface area contributed by atoms with E-state index in [1.807, 2.05) is 95.9 Å². The molecule has 19 heteroatoms. The first-order chi connectivity index (χ1) is 49.7. The summed E-state index contributed by atoms with van der Waals surface area (Å²) in [7, 11) is 0. The Morgan fingerprint density at radius 3 is 0.466 bits per heavy atom. The molecule has 0 bridgehead atoms. The highest BCUT2D eigenvalue weighted by atomic mass is 16.4. The molecule has 0 aliphatic rings. The van der Waals surface area contributed by atoms with Crippen molar-refractivity contribution in [3.8, 4) is 0 Å². The fraction of sp³-hybridized carbons (Fsp3) is 0. The minimum atomic E-state index is -1.37. The Bertz CT molecular complexity index is 4620. The van der Waals surface area contributed by atoms with Crippen LogP contribution in [0.25, 0.3) is 100 Å². The smallest absolute Gasteiger partial charge is 0.333 e. The second-order valence-electron chi connectivity index (χ2n) is 22.2. The zero-order chi connectivity index (χ0) is 73.7. The van der Waals surface area contributed by atoms with Crippen LogP contribution in [-0.2, 0) is 28.8 Å². The van der Waals surface area contributed by atoms with Crippen molar-refractivity contribution in [1.29, 1.82) is 0 Å². The molecule has 103 heavy (non-hydrogen) atoms. The van der Waals surface area contributed by atoms with Crippen LogP contribution >= 0.6 is 0 Å². The van der Waals surface area contributed by atoms with Gasteiger partial charge in [0.05, 0.1) is 39.4 Å². The summed E-state index contributed by atoms with van der Waals surface area (Å²) in [6, 6.07) is 64.6. The van der Waals surface area contributed by atoms with Gasteiger partial charge in [-0.05, 0) is 191 Å². The minimum absolute atomic E-state index is 0.468. The third-order valence-corrected chi connectivity index (χ3v) is 15.6. The fourth-order valence-electron chi connectivity index (χ4n) is 10.5. The maximum Gasteiger partial charge on any atom is 0.333 e. The second-order valence-corrected chi connectivity index (χ2v) is 22.2. The van der Waals surface area contributed by atoms with Gasteiger partial charge in [-0.3, -0.25) is 28.8 Å². The van der Waals surface area contributed by atoms with Gasteiger partial charge in [-0.2, -0.15) is 0 Å². The van der Waals surface area contributed by atoms with Crippen LogP contribution in [0.1, 0.15) is 83.5 Å². The molecule has 9 aromatic rings. The highest BCUT2D eigenvalue weighted by molar-refractivity contribution is 6.00. The molecule has 494 valence electrons. The molecule has 0 saturated heterocycles.